The lowest BCUT2D eigenvalue weighted by molar-refractivity contribution is -0.137. The van der Waals surface area contributed by atoms with E-state index in [9.17, 15) is 18.0 Å². The Labute approximate surface area is 277 Å². The maximum Gasteiger partial charge on any atom is 0.421 e. The van der Waals surface area contributed by atoms with Crippen molar-refractivity contribution in [2.75, 3.05) is 81.5 Å². The molecule has 4 heterocycles. The Kier molecular flexibility index (Phi) is 10.2. The summed E-state index contributed by atoms with van der Waals surface area (Å²) in [6, 6.07) is 7.07. The Hall–Kier alpha value is -3.12. The summed E-state index contributed by atoms with van der Waals surface area (Å²) in [5.41, 5.74) is 1.84. The monoisotopic (exact) mass is 656 g/mol. The van der Waals surface area contributed by atoms with Gasteiger partial charge in [-0.3, -0.25) is 9.69 Å². The lowest BCUT2D eigenvalue weighted by Gasteiger charge is -2.43. The van der Waals surface area contributed by atoms with E-state index in [0.717, 1.165) is 70.2 Å². The molecule has 0 bridgehead atoms. The van der Waals surface area contributed by atoms with Gasteiger partial charge < -0.3 is 25.3 Å². The topological polar surface area (TPSA) is 79.9 Å². The van der Waals surface area contributed by atoms with Gasteiger partial charge in [0.25, 0.3) is 0 Å². The van der Waals surface area contributed by atoms with Crippen molar-refractivity contribution in [3.05, 3.63) is 35.5 Å². The number of nitrogens with zero attached hydrogens (tertiary/aromatic N) is 6. The molecule has 9 nitrogen and oxygen atoms in total. The van der Waals surface area contributed by atoms with Gasteiger partial charge in [-0.2, -0.15) is 18.2 Å². The highest BCUT2D eigenvalue weighted by atomic mass is 19.4. The third kappa shape index (κ3) is 8.68. The molecule has 1 amide bonds. The normalized spacial score (nSPS) is 21.2. The summed E-state index contributed by atoms with van der Waals surface area (Å²) in [6.45, 7) is 11.8. The minimum Gasteiger partial charge on any atom is -0.369 e. The lowest BCUT2D eigenvalue weighted by Crippen LogP contribution is -2.53. The second kappa shape index (κ2) is 14.2. The van der Waals surface area contributed by atoms with Crippen LogP contribution >= 0.6 is 0 Å². The Morgan fingerprint density at radius 3 is 2.38 bits per heavy atom. The van der Waals surface area contributed by atoms with Gasteiger partial charge in [-0.25, -0.2) is 4.98 Å². The number of benzene rings is 1. The molecule has 0 atom stereocenters. The number of piperazine rings is 1. The van der Waals surface area contributed by atoms with Crippen LogP contribution < -0.4 is 15.5 Å². The van der Waals surface area contributed by atoms with Gasteiger partial charge in [0, 0.05) is 75.8 Å². The van der Waals surface area contributed by atoms with E-state index >= 15 is 0 Å². The molecule has 2 N–H and O–H groups in total. The SMILES string of the molecule is CN1CCC(N2CCN(c3ccc(Nc4ncc(C(F)(F)F)c(NCC(C)(C)CN5CCCCCC5=O)n4)c(C4CC4)c3)CC2)CC1. The van der Waals surface area contributed by atoms with Gasteiger partial charge in [-0.15, -0.1) is 0 Å². The van der Waals surface area contributed by atoms with Crippen molar-refractivity contribution in [2.24, 2.45) is 5.41 Å². The molecular formula is C35H51F3N8O. The van der Waals surface area contributed by atoms with Gasteiger partial charge >= 0.3 is 6.18 Å². The van der Waals surface area contributed by atoms with E-state index in [1.54, 1.807) is 0 Å². The van der Waals surface area contributed by atoms with E-state index in [1.807, 2.05) is 24.8 Å². The number of anilines is 4. The molecule has 0 unspecified atom stereocenters. The van der Waals surface area contributed by atoms with Crippen LogP contribution in [-0.4, -0.2) is 103 Å². The smallest absolute Gasteiger partial charge is 0.369 e. The van der Waals surface area contributed by atoms with Crippen LogP contribution in [0.1, 0.15) is 82.3 Å². The molecule has 47 heavy (non-hydrogen) atoms. The largest absolute Gasteiger partial charge is 0.421 e. The fourth-order valence-electron chi connectivity index (χ4n) is 7.30. The van der Waals surface area contributed by atoms with E-state index < -0.39 is 17.2 Å². The molecule has 1 aromatic heterocycles. The number of amides is 1. The molecule has 3 aliphatic heterocycles. The lowest BCUT2D eigenvalue weighted by atomic mass is 9.92. The molecule has 6 rings (SSSR count). The second-order valence-electron chi connectivity index (χ2n) is 14.8. The molecule has 4 aliphatic rings. The quantitative estimate of drug-likeness (QED) is 0.314. The van der Waals surface area contributed by atoms with Crippen LogP contribution in [0.2, 0.25) is 0 Å². The number of aromatic nitrogens is 2. The summed E-state index contributed by atoms with van der Waals surface area (Å²) in [5, 5.41) is 6.23. The Morgan fingerprint density at radius 1 is 0.936 bits per heavy atom. The number of hydrogen-bond donors (Lipinski definition) is 2. The van der Waals surface area contributed by atoms with E-state index in [2.05, 4.69) is 54.5 Å². The number of halogens is 3. The van der Waals surface area contributed by atoms with Crippen LogP contribution in [0.4, 0.5) is 36.3 Å². The number of rotatable bonds is 10. The first-order valence-corrected chi connectivity index (χ1v) is 17.5. The summed E-state index contributed by atoms with van der Waals surface area (Å²) in [4.78, 5) is 30.4. The van der Waals surface area contributed by atoms with E-state index in [-0.39, 0.29) is 24.2 Å². The van der Waals surface area contributed by atoms with Crippen LogP contribution in [0, 0.1) is 5.41 Å². The molecule has 1 saturated carbocycles. The van der Waals surface area contributed by atoms with E-state index in [0.29, 0.717) is 31.5 Å². The maximum absolute atomic E-state index is 14.0. The number of carbonyl (C=O) groups is 1. The predicted octanol–water partition coefficient (Wildman–Crippen LogP) is 6.17. The molecule has 4 fully saturated rings. The maximum atomic E-state index is 14.0. The first kappa shape index (κ1) is 33.8. The fourth-order valence-corrected chi connectivity index (χ4v) is 7.30. The summed E-state index contributed by atoms with van der Waals surface area (Å²) in [5.74, 6) is 0.416. The highest BCUT2D eigenvalue weighted by Crippen LogP contribution is 2.45. The molecule has 0 spiro atoms. The molecule has 1 aliphatic carbocycles. The van der Waals surface area contributed by atoms with Crippen LogP contribution in [0.15, 0.2) is 24.4 Å². The number of alkyl halides is 3. The minimum absolute atomic E-state index is 0.118. The number of carbonyl (C=O) groups excluding carboxylic acids is 1. The number of hydrogen-bond acceptors (Lipinski definition) is 8. The summed E-state index contributed by atoms with van der Waals surface area (Å²) >= 11 is 0. The van der Waals surface area contributed by atoms with Crippen molar-refractivity contribution in [1.29, 1.82) is 0 Å². The van der Waals surface area contributed by atoms with E-state index in [1.165, 1.54) is 37.2 Å². The number of piperidine rings is 1. The van der Waals surface area contributed by atoms with Crippen molar-refractivity contribution in [1.82, 2.24) is 24.7 Å². The van der Waals surface area contributed by atoms with Gasteiger partial charge in [-0.05, 0) is 93.8 Å². The Bertz CT molecular complexity index is 1380. The number of likely N-dealkylation sites (tertiary alicyclic amines) is 2. The fraction of sp³-hybridized carbons (Fsp3) is 0.686. The summed E-state index contributed by atoms with van der Waals surface area (Å²) < 4.78 is 42.1. The predicted molar refractivity (Wildman–Crippen MR) is 180 cm³/mol. The average molecular weight is 657 g/mol. The Morgan fingerprint density at radius 2 is 1.68 bits per heavy atom. The van der Waals surface area contributed by atoms with Gasteiger partial charge in [0.2, 0.25) is 11.9 Å². The van der Waals surface area contributed by atoms with Crippen LogP contribution in [-0.2, 0) is 11.0 Å². The Balaban J connectivity index is 1.13. The van der Waals surface area contributed by atoms with Gasteiger partial charge in [-0.1, -0.05) is 20.3 Å². The van der Waals surface area contributed by atoms with Gasteiger partial charge in [0.05, 0.1) is 0 Å². The zero-order valence-corrected chi connectivity index (χ0v) is 28.2. The van der Waals surface area contributed by atoms with Gasteiger partial charge in [0.15, 0.2) is 0 Å². The molecule has 12 heteroatoms. The first-order chi connectivity index (χ1) is 22.4. The first-order valence-electron chi connectivity index (χ1n) is 17.5. The van der Waals surface area contributed by atoms with Crippen LogP contribution in [0.3, 0.4) is 0 Å². The highest BCUT2D eigenvalue weighted by molar-refractivity contribution is 5.76. The van der Waals surface area contributed by atoms with Crippen molar-refractivity contribution in [2.45, 2.75) is 83.4 Å². The van der Waals surface area contributed by atoms with Crippen LogP contribution in [0.25, 0.3) is 0 Å². The molecular weight excluding hydrogens is 605 g/mol. The van der Waals surface area contributed by atoms with Crippen molar-refractivity contribution < 1.29 is 18.0 Å². The van der Waals surface area contributed by atoms with E-state index in [4.69, 9.17) is 0 Å². The molecule has 2 aromatic rings. The summed E-state index contributed by atoms with van der Waals surface area (Å²) in [7, 11) is 2.20. The van der Waals surface area contributed by atoms with Crippen LogP contribution in [0.5, 0.6) is 0 Å². The molecule has 0 radical (unpaired) electrons. The minimum atomic E-state index is -4.61. The van der Waals surface area contributed by atoms with Crippen molar-refractivity contribution >= 4 is 29.0 Å². The zero-order chi connectivity index (χ0) is 33.2. The average Bonchev–Trinajstić information content (AvgIpc) is 3.90. The highest BCUT2D eigenvalue weighted by Gasteiger charge is 2.36. The zero-order valence-electron chi connectivity index (χ0n) is 28.2. The summed E-state index contributed by atoms with van der Waals surface area (Å²) in [6.07, 6.45) is 4.31. The van der Waals surface area contributed by atoms with Crippen molar-refractivity contribution in [3.63, 3.8) is 0 Å². The molecule has 258 valence electrons. The second-order valence-corrected chi connectivity index (χ2v) is 14.8. The van der Waals surface area contributed by atoms with Gasteiger partial charge in [0.1, 0.15) is 11.4 Å². The standard InChI is InChI=1S/C35H51F3N8O/c1-34(2,24-46-14-6-4-5-7-31(46)47)23-40-32-29(35(36,37)38)22-39-33(42-32)41-30-11-10-27(21-28(30)25-8-9-25)45-19-17-44(18-20-45)26-12-15-43(3)16-13-26/h10-11,21-22,25-26H,4-9,12-20,23-24H2,1-3H3,(H2,39,40,41,42). The number of nitrogens with one attached hydrogen (secondary N) is 2. The third-order valence-electron chi connectivity index (χ3n) is 10.3. The molecule has 1 aromatic carbocycles. The molecule has 3 saturated heterocycles. The third-order valence-corrected chi connectivity index (χ3v) is 10.3. The van der Waals surface area contributed by atoms with Crippen molar-refractivity contribution in [3.8, 4) is 0 Å².